The maximum atomic E-state index is 13.1. The molecule has 0 radical (unpaired) electrons. The smallest absolute Gasteiger partial charge is 0.306 e. The highest BCUT2D eigenvalue weighted by Crippen LogP contribution is 2.65. The van der Waals surface area contributed by atoms with Crippen LogP contribution in [0, 0.1) is 28.6 Å². The molecule has 0 saturated heterocycles. The zero-order chi connectivity index (χ0) is 21.9. The summed E-state index contributed by atoms with van der Waals surface area (Å²) in [6.07, 6.45) is 10.1. The SMILES string of the molecule is CCCC(=O)O[C@]1(C)C(=O)CCC2C3C=C(C)C4=CC(=O)CC[C@]4(C)C3CC[C@@]21C. The van der Waals surface area contributed by atoms with Crippen LogP contribution < -0.4 is 0 Å². The number of allylic oxidation sites excluding steroid dienone is 4. The molecule has 4 rings (SSSR count). The summed E-state index contributed by atoms with van der Waals surface area (Å²) in [5.74, 6) is 1.21. The molecule has 0 aromatic carbocycles. The number of hydrogen-bond donors (Lipinski definition) is 0. The molecule has 0 bridgehead atoms. The standard InChI is InChI=1S/C26H36O4/c1-6-7-23(29)30-26(5)22(28)9-8-20-18-14-16(2)21-15-17(27)10-12-24(21,3)19(18)11-13-25(20,26)4/h14-15,18-20H,6-13H2,1-5H3/t18?,19?,20?,24-,25+,26-/m1/s1. The largest absolute Gasteiger partial charge is 0.451 e. The van der Waals surface area contributed by atoms with Crippen LogP contribution in [0.5, 0.6) is 0 Å². The summed E-state index contributed by atoms with van der Waals surface area (Å²) in [6, 6.07) is 0. The van der Waals surface area contributed by atoms with Crippen molar-refractivity contribution in [2.45, 2.75) is 91.6 Å². The first-order valence-corrected chi connectivity index (χ1v) is 11.8. The Hall–Kier alpha value is -1.71. The molecule has 0 spiro atoms. The Morgan fingerprint density at radius 3 is 2.53 bits per heavy atom. The second-order valence-corrected chi connectivity index (χ2v) is 10.8. The lowest BCUT2D eigenvalue weighted by molar-refractivity contribution is -0.204. The third kappa shape index (κ3) is 2.89. The molecular weight excluding hydrogens is 376 g/mol. The van der Waals surface area contributed by atoms with Crippen LogP contribution in [0.15, 0.2) is 23.3 Å². The van der Waals surface area contributed by atoms with Crippen LogP contribution in [-0.4, -0.2) is 23.1 Å². The van der Waals surface area contributed by atoms with Crippen molar-refractivity contribution in [3.05, 3.63) is 23.3 Å². The number of rotatable bonds is 3. The monoisotopic (exact) mass is 412 g/mol. The minimum Gasteiger partial charge on any atom is -0.451 e. The molecule has 0 heterocycles. The molecule has 0 aliphatic heterocycles. The molecule has 164 valence electrons. The van der Waals surface area contributed by atoms with Gasteiger partial charge in [-0.3, -0.25) is 14.4 Å². The van der Waals surface area contributed by atoms with E-state index in [0.717, 1.165) is 32.1 Å². The molecule has 4 aliphatic rings. The first kappa shape index (κ1) is 21.5. The van der Waals surface area contributed by atoms with Gasteiger partial charge in [-0.25, -0.2) is 0 Å². The molecule has 2 saturated carbocycles. The Morgan fingerprint density at radius 1 is 1.10 bits per heavy atom. The summed E-state index contributed by atoms with van der Waals surface area (Å²) in [5, 5.41) is 0. The van der Waals surface area contributed by atoms with Gasteiger partial charge in [-0.2, -0.15) is 0 Å². The summed E-state index contributed by atoms with van der Waals surface area (Å²) in [5.41, 5.74) is 1.07. The van der Waals surface area contributed by atoms with Crippen molar-refractivity contribution in [2.24, 2.45) is 28.6 Å². The van der Waals surface area contributed by atoms with E-state index in [1.807, 2.05) is 19.9 Å². The van der Waals surface area contributed by atoms with E-state index in [4.69, 9.17) is 4.74 Å². The number of ketones is 2. The van der Waals surface area contributed by atoms with Crippen molar-refractivity contribution in [1.29, 1.82) is 0 Å². The number of fused-ring (bicyclic) bond motifs is 5. The Labute approximate surface area is 180 Å². The number of ether oxygens (including phenoxy) is 1. The van der Waals surface area contributed by atoms with Gasteiger partial charge in [0.25, 0.3) is 0 Å². The predicted molar refractivity (Wildman–Crippen MR) is 116 cm³/mol. The lowest BCUT2D eigenvalue weighted by Crippen LogP contribution is -2.64. The van der Waals surface area contributed by atoms with Gasteiger partial charge < -0.3 is 4.74 Å². The molecule has 4 aliphatic carbocycles. The first-order valence-electron chi connectivity index (χ1n) is 11.8. The maximum Gasteiger partial charge on any atom is 0.306 e. The normalized spacial score (nSPS) is 43.0. The predicted octanol–water partition coefficient (Wildman–Crippen LogP) is 5.36. The minimum absolute atomic E-state index is 0.0233. The van der Waals surface area contributed by atoms with Gasteiger partial charge in [0, 0.05) is 24.7 Å². The molecule has 2 fully saturated rings. The molecule has 0 N–H and O–H groups in total. The fraction of sp³-hybridized carbons (Fsp3) is 0.731. The fourth-order valence-corrected chi connectivity index (χ4v) is 7.36. The van der Waals surface area contributed by atoms with Crippen LogP contribution in [0.3, 0.4) is 0 Å². The molecule has 30 heavy (non-hydrogen) atoms. The van der Waals surface area contributed by atoms with E-state index in [-0.39, 0.29) is 28.4 Å². The third-order valence-electron chi connectivity index (χ3n) is 9.30. The minimum atomic E-state index is -1.05. The van der Waals surface area contributed by atoms with E-state index in [1.165, 1.54) is 11.1 Å². The lowest BCUT2D eigenvalue weighted by atomic mass is 9.43. The molecule has 0 amide bonds. The van der Waals surface area contributed by atoms with Crippen LogP contribution in [0.4, 0.5) is 0 Å². The van der Waals surface area contributed by atoms with Crippen molar-refractivity contribution in [2.75, 3.05) is 0 Å². The van der Waals surface area contributed by atoms with E-state index in [2.05, 4.69) is 26.8 Å². The van der Waals surface area contributed by atoms with E-state index in [1.54, 1.807) is 0 Å². The Balaban J connectivity index is 1.74. The average molecular weight is 413 g/mol. The highest BCUT2D eigenvalue weighted by atomic mass is 16.6. The van der Waals surface area contributed by atoms with Crippen LogP contribution in [0.25, 0.3) is 0 Å². The molecule has 6 atom stereocenters. The van der Waals surface area contributed by atoms with Crippen LogP contribution >= 0.6 is 0 Å². The van der Waals surface area contributed by atoms with Crippen LogP contribution in [0.2, 0.25) is 0 Å². The summed E-state index contributed by atoms with van der Waals surface area (Å²) >= 11 is 0. The van der Waals surface area contributed by atoms with Crippen LogP contribution in [-0.2, 0) is 19.1 Å². The highest BCUT2D eigenvalue weighted by molar-refractivity contribution is 5.93. The molecule has 0 aromatic heterocycles. The second-order valence-electron chi connectivity index (χ2n) is 10.8. The van der Waals surface area contributed by atoms with Gasteiger partial charge in [-0.1, -0.05) is 32.4 Å². The number of carbonyl (C=O) groups is 3. The van der Waals surface area contributed by atoms with E-state index < -0.39 is 5.60 Å². The van der Waals surface area contributed by atoms with E-state index in [0.29, 0.717) is 37.0 Å². The van der Waals surface area contributed by atoms with Crippen molar-refractivity contribution in [3.8, 4) is 0 Å². The average Bonchev–Trinajstić information content (AvgIpc) is 2.67. The number of esters is 1. The zero-order valence-electron chi connectivity index (χ0n) is 19.2. The van der Waals surface area contributed by atoms with Gasteiger partial charge in [0.05, 0.1) is 0 Å². The summed E-state index contributed by atoms with van der Waals surface area (Å²) in [4.78, 5) is 37.7. The quantitative estimate of drug-likeness (QED) is 0.586. The Morgan fingerprint density at radius 2 is 1.83 bits per heavy atom. The van der Waals surface area contributed by atoms with E-state index in [9.17, 15) is 14.4 Å². The number of carbonyl (C=O) groups excluding carboxylic acids is 3. The van der Waals surface area contributed by atoms with Gasteiger partial charge in [0.2, 0.25) is 0 Å². The van der Waals surface area contributed by atoms with Gasteiger partial charge in [-0.05, 0) is 80.8 Å². The molecular formula is C26H36O4. The third-order valence-corrected chi connectivity index (χ3v) is 9.30. The van der Waals surface area contributed by atoms with Gasteiger partial charge in [0.1, 0.15) is 0 Å². The number of hydrogen-bond acceptors (Lipinski definition) is 4. The summed E-state index contributed by atoms with van der Waals surface area (Å²) in [6.45, 7) is 10.5. The summed E-state index contributed by atoms with van der Waals surface area (Å²) < 4.78 is 5.99. The van der Waals surface area contributed by atoms with Crippen molar-refractivity contribution in [1.82, 2.24) is 0 Å². The lowest BCUT2D eigenvalue weighted by Gasteiger charge is -2.62. The van der Waals surface area contributed by atoms with Crippen molar-refractivity contribution in [3.63, 3.8) is 0 Å². The molecule has 0 aromatic rings. The van der Waals surface area contributed by atoms with Gasteiger partial charge in [0.15, 0.2) is 17.2 Å². The first-order chi connectivity index (χ1) is 14.1. The van der Waals surface area contributed by atoms with Crippen molar-refractivity contribution < 1.29 is 19.1 Å². The molecule has 4 nitrogen and oxygen atoms in total. The van der Waals surface area contributed by atoms with E-state index >= 15 is 0 Å². The van der Waals surface area contributed by atoms with Crippen LogP contribution in [0.1, 0.15) is 86.0 Å². The topological polar surface area (TPSA) is 60.4 Å². The Kier molecular flexibility index (Phi) is 5.14. The van der Waals surface area contributed by atoms with Gasteiger partial charge in [-0.15, -0.1) is 0 Å². The molecule has 3 unspecified atom stereocenters. The molecule has 4 heteroatoms. The number of Topliss-reactive ketones (excluding diaryl/α,β-unsaturated/α-hetero) is 1. The second kappa shape index (κ2) is 7.17. The zero-order valence-corrected chi connectivity index (χ0v) is 19.2. The highest BCUT2D eigenvalue weighted by Gasteiger charge is 2.65. The Bertz CT molecular complexity index is 851. The summed E-state index contributed by atoms with van der Waals surface area (Å²) in [7, 11) is 0. The fourth-order valence-electron chi connectivity index (χ4n) is 7.36. The van der Waals surface area contributed by atoms with Crippen molar-refractivity contribution >= 4 is 17.5 Å². The van der Waals surface area contributed by atoms with Gasteiger partial charge >= 0.3 is 5.97 Å². The maximum absolute atomic E-state index is 13.1.